The molecule has 0 amide bonds. The number of rotatable bonds is 6. The van der Waals surface area contributed by atoms with Gasteiger partial charge in [0.05, 0.1) is 23.1 Å². The van der Waals surface area contributed by atoms with E-state index in [1.54, 1.807) is 12.3 Å². The average Bonchev–Trinajstić information content (AvgIpc) is 2.63. The summed E-state index contributed by atoms with van der Waals surface area (Å²) in [7, 11) is 0. The molecule has 1 aliphatic heterocycles. The number of ether oxygens (including phenoxy) is 1. The lowest BCUT2D eigenvalue weighted by molar-refractivity contribution is 0.0134. The Balaban J connectivity index is 1.63. The predicted octanol–water partition coefficient (Wildman–Crippen LogP) is 2.61. The van der Waals surface area contributed by atoms with Gasteiger partial charge in [-0.25, -0.2) is 14.8 Å². The lowest BCUT2D eigenvalue weighted by atomic mass is 10.1. The molecular weight excluding hydrogens is 308 g/mol. The minimum absolute atomic E-state index is 0.183. The summed E-state index contributed by atoms with van der Waals surface area (Å²) in [5.74, 6) is -0.482. The molecule has 3 rings (SSSR count). The van der Waals surface area contributed by atoms with Crippen molar-refractivity contribution >= 4 is 11.9 Å². The number of carboxylic acid groups (broad SMARTS) is 1. The van der Waals surface area contributed by atoms with Crippen LogP contribution in [0.5, 0.6) is 0 Å². The monoisotopic (exact) mass is 328 g/mol. The molecule has 0 aromatic carbocycles. The average molecular weight is 328 g/mol. The SMILES string of the molecule is O=C(O)c1ccnc(-c2ccnc(NCCC3CCCCO3)n2)c1. The van der Waals surface area contributed by atoms with E-state index in [9.17, 15) is 4.79 Å². The van der Waals surface area contributed by atoms with Crippen molar-refractivity contribution in [2.24, 2.45) is 0 Å². The normalized spacial score (nSPS) is 17.4. The van der Waals surface area contributed by atoms with E-state index >= 15 is 0 Å². The van der Waals surface area contributed by atoms with Crippen LogP contribution in [0, 0.1) is 0 Å². The Morgan fingerprint density at radius 2 is 2.12 bits per heavy atom. The molecule has 126 valence electrons. The third kappa shape index (κ3) is 4.26. The van der Waals surface area contributed by atoms with Crippen molar-refractivity contribution in [3.63, 3.8) is 0 Å². The molecule has 0 radical (unpaired) electrons. The van der Waals surface area contributed by atoms with Crippen LogP contribution in [0.15, 0.2) is 30.6 Å². The third-order valence-electron chi connectivity index (χ3n) is 3.95. The molecule has 7 heteroatoms. The van der Waals surface area contributed by atoms with Gasteiger partial charge in [-0.1, -0.05) is 0 Å². The Morgan fingerprint density at radius 1 is 1.25 bits per heavy atom. The largest absolute Gasteiger partial charge is 0.478 e. The van der Waals surface area contributed by atoms with Crippen molar-refractivity contribution in [1.29, 1.82) is 0 Å². The molecule has 7 nitrogen and oxygen atoms in total. The summed E-state index contributed by atoms with van der Waals surface area (Å²) in [6, 6.07) is 4.67. The first-order chi connectivity index (χ1) is 11.7. The zero-order chi connectivity index (χ0) is 16.8. The molecule has 3 heterocycles. The second-order valence-corrected chi connectivity index (χ2v) is 5.70. The van der Waals surface area contributed by atoms with Gasteiger partial charge in [0.15, 0.2) is 0 Å². The second-order valence-electron chi connectivity index (χ2n) is 5.70. The maximum atomic E-state index is 11.1. The topological polar surface area (TPSA) is 97.2 Å². The fourth-order valence-electron chi connectivity index (χ4n) is 2.67. The highest BCUT2D eigenvalue weighted by atomic mass is 16.5. The Hall–Kier alpha value is -2.54. The van der Waals surface area contributed by atoms with Crippen LogP contribution >= 0.6 is 0 Å². The minimum Gasteiger partial charge on any atom is -0.478 e. The highest BCUT2D eigenvalue weighted by Gasteiger charge is 2.13. The summed E-state index contributed by atoms with van der Waals surface area (Å²) in [5, 5.41) is 12.3. The molecule has 2 aromatic heterocycles. The first kappa shape index (κ1) is 16.3. The lowest BCUT2D eigenvalue weighted by Crippen LogP contribution is -2.22. The van der Waals surface area contributed by atoms with Crippen LogP contribution in [0.1, 0.15) is 36.0 Å². The molecule has 1 fully saturated rings. The summed E-state index contributed by atoms with van der Waals surface area (Å²) in [6.07, 6.45) is 7.81. The molecular formula is C17H20N4O3. The number of aromatic nitrogens is 3. The Morgan fingerprint density at radius 3 is 2.92 bits per heavy atom. The van der Waals surface area contributed by atoms with Gasteiger partial charge in [-0.2, -0.15) is 0 Å². The van der Waals surface area contributed by atoms with Crippen LogP contribution in [0.3, 0.4) is 0 Å². The van der Waals surface area contributed by atoms with E-state index in [0.717, 1.165) is 32.4 Å². The molecule has 0 aliphatic carbocycles. The zero-order valence-electron chi connectivity index (χ0n) is 13.3. The van der Waals surface area contributed by atoms with Crippen molar-refractivity contribution in [2.45, 2.75) is 31.8 Å². The molecule has 1 saturated heterocycles. The van der Waals surface area contributed by atoms with Gasteiger partial charge < -0.3 is 15.2 Å². The van der Waals surface area contributed by atoms with E-state index in [2.05, 4.69) is 20.3 Å². The summed E-state index contributed by atoms with van der Waals surface area (Å²) >= 11 is 0. The Labute approximate surface area is 140 Å². The van der Waals surface area contributed by atoms with E-state index in [0.29, 0.717) is 23.4 Å². The number of carboxylic acids is 1. The molecule has 1 atom stereocenters. The van der Waals surface area contributed by atoms with Crippen LogP contribution in [0.4, 0.5) is 5.95 Å². The highest BCUT2D eigenvalue weighted by molar-refractivity contribution is 5.88. The first-order valence-electron chi connectivity index (χ1n) is 8.10. The minimum atomic E-state index is -0.987. The van der Waals surface area contributed by atoms with Gasteiger partial charge in [-0.3, -0.25) is 4.98 Å². The Bertz CT molecular complexity index is 702. The number of anilines is 1. The van der Waals surface area contributed by atoms with Gasteiger partial charge in [0.2, 0.25) is 5.95 Å². The molecule has 24 heavy (non-hydrogen) atoms. The van der Waals surface area contributed by atoms with E-state index in [1.165, 1.54) is 24.8 Å². The summed E-state index contributed by atoms with van der Waals surface area (Å²) in [5.41, 5.74) is 1.28. The van der Waals surface area contributed by atoms with Crippen molar-refractivity contribution < 1.29 is 14.6 Å². The molecule has 1 unspecified atom stereocenters. The Kier molecular flexibility index (Phi) is 5.32. The van der Waals surface area contributed by atoms with Gasteiger partial charge in [0.25, 0.3) is 0 Å². The number of hydrogen-bond acceptors (Lipinski definition) is 6. The van der Waals surface area contributed by atoms with E-state index in [-0.39, 0.29) is 5.56 Å². The lowest BCUT2D eigenvalue weighted by Gasteiger charge is -2.22. The molecule has 0 spiro atoms. The van der Waals surface area contributed by atoms with Gasteiger partial charge in [0, 0.05) is 25.5 Å². The van der Waals surface area contributed by atoms with Crippen LogP contribution in [0.25, 0.3) is 11.4 Å². The molecule has 2 N–H and O–H groups in total. The smallest absolute Gasteiger partial charge is 0.335 e. The molecule has 0 saturated carbocycles. The van der Waals surface area contributed by atoms with Crippen LogP contribution in [-0.2, 0) is 4.74 Å². The number of aromatic carboxylic acids is 1. The maximum Gasteiger partial charge on any atom is 0.335 e. The molecule has 0 bridgehead atoms. The fourth-order valence-corrected chi connectivity index (χ4v) is 2.67. The van der Waals surface area contributed by atoms with E-state index in [4.69, 9.17) is 9.84 Å². The van der Waals surface area contributed by atoms with Crippen LogP contribution in [0.2, 0.25) is 0 Å². The zero-order valence-corrected chi connectivity index (χ0v) is 13.3. The number of hydrogen-bond donors (Lipinski definition) is 2. The summed E-state index contributed by atoms with van der Waals surface area (Å²) in [4.78, 5) is 23.8. The van der Waals surface area contributed by atoms with E-state index < -0.39 is 5.97 Å². The summed E-state index contributed by atoms with van der Waals surface area (Å²) < 4.78 is 5.70. The van der Waals surface area contributed by atoms with Gasteiger partial charge in [0.1, 0.15) is 0 Å². The van der Waals surface area contributed by atoms with E-state index in [1.807, 2.05) is 0 Å². The van der Waals surface area contributed by atoms with Crippen molar-refractivity contribution in [1.82, 2.24) is 15.0 Å². The number of nitrogens with one attached hydrogen (secondary N) is 1. The first-order valence-corrected chi connectivity index (χ1v) is 8.10. The van der Waals surface area contributed by atoms with Crippen molar-refractivity contribution in [2.75, 3.05) is 18.5 Å². The van der Waals surface area contributed by atoms with Gasteiger partial charge >= 0.3 is 5.97 Å². The van der Waals surface area contributed by atoms with Gasteiger partial charge in [-0.15, -0.1) is 0 Å². The highest BCUT2D eigenvalue weighted by Crippen LogP contribution is 2.18. The molecule has 2 aromatic rings. The van der Waals surface area contributed by atoms with Crippen molar-refractivity contribution in [3.05, 3.63) is 36.2 Å². The second kappa shape index (κ2) is 7.83. The van der Waals surface area contributed by atoms with Crippen LogP contribution in [-0.4, -0.2) is 45.3 Å². The third-order valence-corrected chi connectivity index (χ3v) is 3.95. The number of carbonyl (C=O) groups is 1. The number of nitrogens with zero attached hydrogens (tertiary/aromatic N) is 3. The predicted molar refractivity (Wildman–Crippen MR) is 88.9 cm³/mol. The standard InChI is InChI=1S/C17H20N4O3/c22-16(23)12-4-7-18-15(11-12)14-6-9-20-17(21-14)19-8-5-13-3-1-2-10-24-13/h4,6-7,9,11,13H,1-3,5,8,10H2,(H,22,23)(H,19,20,21). The number of pyridine rings is 1. The quantitative estimate of drug-likeness (QED) is 0.841. The van der Waals surface area contributed by atoms with Crippen LogP contribution < -0.4 is 5.32 Å². The molecule has 1 aliphatic rings. The maximum absolute atomic E-state index is 11.1. The van der Waals surface area contributed by atoms with Crippen molar-refractivity contribution in [3.8, 4) is 11.4 Å². The summed E-state index contributed by atoms with van der Waals surface area (Å²) in [6.45, 7) is 1.58. The fraction of sp³-hybridized carbons (Fsp3) is 0.412. The van der Waals surface area contributed by atoms with Gasteiger partial charge in [-0.05, 0) is 43.9 Å².